The van der Waals surface area contributed by atoms with Crippen molar-refractivity contribution in [3.05, 3.63) is 59.4 Å². The molecule has 0 radical (unpaired) electrons. The highest BCUT2D eigenvalue weighted by molar-refractivity contribution is 7.79. The van der Waals surface area contributed by atoms with Crippen molar-refractivity contribution in [2.24, 2.45) is 0 Å². The maximum atomic E-state index is 13.0. The van der Waals surface area contributed by atoms with Crippen LogP contribution in [0.1, 0.15) is 36.7 Å². The first-order valence-electron chi connectivity index (χ1n) is 9.00. The van der Waals surface area contributed by atoms with Gasteiger partial charge in [0, 0.05) is 24.6 Å². The molecule has 168 valence electrons. The van der Waals surface area contributed by atoms with E-state index in [0.717, 1.165) is 5.56 Å². The first kappa shape index (κ1) is 24.3. The summed E-state index contributed by atoms with van der Waals surface area (Å²) < 4.78 is 56.2. The number of amides is 1. The molecule has 0 saturated carbocycles. The van der Waals surface area contributed by atoms with Gasteiger partial charge in [0.05, 0.1) is 5.56 Å². The van der Waals surface area contributed by atoms with Crippen LogP contribution in [0.25, 0.3) is 0 Å². The molecule has 11 heteroatoms. The van der Waals surface area contributed by atoms with Gasteiger partial charge in [-0.05, 0) is 56.3 Å². The van der Waals surface area contributed by atoms with Crippen LogP contribution in [0.5, 0.6) is 5.75 Å². The summed E-state index contributed by atoms with van der Waals surface area (Å²) in [6.07, 6.45) is -0.0805. The second kappa shape index (κ2) is 9.41. The molecule has 3 N–H and O–H groups in total. The Labute approximate surface area is 178 Å². The van der Waals surface area contributed by atoms with Gasteiger partial charge in [0.15, 0.2) is 0 Å². The predicted molar refractivity (Wildman–Crippen MR) is 109 cm³/mol. The summed E-state index contributed by atoms with van der Waals surface area (Å²) in [6.45, 7) is 5.13. The second-order valence-corrected chi connectivity index (χ2v) is 8.16. The highest BCUT2D eigenvalue weighted by Crippen LogP contribution is 2.36. The van der Waals surface area contributed by atoms with E-state index < -0.39 is 33.9 Å². The van der Waals surface area contributed by atoms with E-state index >= 15 is 0 Å². The second-order valence-electron chi connectivity index (χ2n) is 7.26. The van der Waals surface area contributed by atoms with Crippen LogP contribution in [0.15, 0.2) is 42.5 Å². The first-order chi connectivity index (χ1) is 14.2. The zero-order valence-electron chi connectivity index (χ0n) is 17.0. The molecule has 2 aromatic carbocycles. The van der Waals surface area contributed by atoms with Gasteiger partial charge >= 0.3 is 16.4 Å². The Balaban J connectivity index is 0.000000614. The monoisotopic (exact) mass is 455 g/mol. The minimum Gasteiger partial charge on any atom is -0.484 e. The molecule has 0 spiro atoms. The number of anilines is 1. The van der Waals surface area contributed by atoms with E-state index in [-0.39, 0.29) is 11.5 Å². The third-order valence-corrected chi connectivity index (χ3v) is 4.26. The Hall–Kier alpha value is -3.02. The van der Waals surface area contributed by atoms with Gasteiger partial charge in [-0.1, -0.05) is 0 Å². The number of benzene rings is 2. The van der Waals surface area contributed by atoms with E-state index in [9.17, 15) is 14.0 Å². The molecular weight excluding hydrogens is 433 g/mol. The molecule has 1 heterocycles. The highest BCUT2D eigenvalue weighted by atomic mass is 32.3. The molecule has 1 aliphatic heterocycles. The van der Waals surface area contributed by atoms with E-state index in [2.05, 4.69) is 5.32 Å². The maximum absolute atomic E-state index is 13.0. The van der Waals surface area contributed by atoms with Crippen LogP contribution >= 0.6 is 0 Å². The van der Waals surface area contributed by atoms with Crippen molar-refractivity contribution in [3.8, 4) is 5.75 Å². The molecule has 1 aliphatic rings. The smallest absolute Gasteiger partial charge is 0.394 e. The number of fused-ring (bicyclic) bond motifs is 1. The SMILES string of the molecule is CC(=O)Nc1ccc2c(c1)CC(OC(=O)c1ccc(F)cc1)C(C)(C)O2.O=S(=O)(O)O. The zero-order valence-corrected chi connectivity index (χ0v) is 17.8. The van der Waals surface area contributed by atoms with Crippen molar-refractivity contribution >= 4 is 28.0 Å². The third kappa shape index (κ3) is 7.63. The van der Waals surface area contributed by atoms with E-state index in [1.54, 1.807) is 12.1 Å². The van der Waals surface area contributed by atoms with Gasteiger partial charge in [0.25, 0.3) is 0 Å². The third-order valence-electron chi connectivity index (χ3n) is 4.26. The zero-order chi connectivity index (χ0) is 23.4. The molecule has 1 atom stereocenters. The molecule has 0 bridgehead atoms. The molecule has 9 nitrogen and oxygen atoms in total. The van der Waals surface area contributed by atoms with Crippen LogP contribution in [0, 0.1) is 5.82 Å². The minimum absolute atomic E-state index is 0.165. The minimum atomic E-state index is -4.67. The quantitative estimate of drug-likeness (QED) is 0.474. The normalized spacial score (nSPS) is 16.6. The highest BCUT2D eigenvalue weighted by Gasteiger charge is 2.40. The molecule has 31 heavy (non-hydrogen) atoms. The van der Waals surface area contributed by atoms with E-state index in [0.29, 0.717) is 17.9 Å². The van der Waals surface area contributed by atoms with E-state index in [1.165, 1.54) is 31.2 Å². The fraction of sp³-hybridized carbons (Fsp3) is 0.300. The molecule has 0 saturated heterocycles. The van der Waals surface area contributed by atoms with Crippen molar-refractivity contribution in [1.29, 1.82) is 0 Å². The molecule has 1 unspecified atom stereocenters. The van der Waals surface area contributed by atoms with Crippen molar-refractivity contribution in [2.75, 3.05) is 5.32 Å². The molecule has 1 amide bonds. The average molecular weight is 455 g/mol. The number of rotatable bonds is 3. The van der Waals surface area contributed by atoms with Crippen molar-refractivity contribution in [3.63, 3.8) is 0 Å². The number of carbonyl (C=O) groups is 2. The summed E-state index contributed by atoms with van der Waals surface area (Å²) in [5, 5.41) is 2.72. The van der Waals surface area contributed by atoms with Crippen LogP contribution in [0.3, 0.4) is 0 Å². The van der Waals surface area contributed by atoms with Crippen molar-refractivity contribution in [1.82, 2.24) is 0 Å². The fourth-order valence-corrected chi connectivity index (χ4v) is 2.88. The van der Waals surface area contributed by atoms with Crippen LogP contribution in [0.4, 0.5) is 10.1 Å². The van der Waals surface area contributed by atoms with Gasteiger partial charge in [-0.2, -0.15) is 8.42 Å². The number of esters is 1. The molecular formula is C20H22FNO8S. The van der Waals surface area contributed by atoms with Gasteiger partial charge < -0.3 is 14.8 Å². The topological polar surface area (TPSA) is 139 Å². The molecule has 0 fully saturated rings. The van der Waals surface area contributed by atoms with Crippen molar-refractivity contribution < 1.29 is 41.0 Å². The number of halogens is 1. The lowest BCUT2D eigenvalue weighted by Crippen LogP contribution is -2.48. The maximum Gasteiger partial charge on any atom is 0.394 e. The van der Waals surface area contributed by atoms with E-state index in [4.69, 9.17) is 27.0 Å². The Bertz CT molecular complexity index is 1060. The number of hydrogen-bond acceptors (Lipinski definition) is 6. The molecule has 0 aromatic heterocycles. The van der Waals surface area contributed by atoms with Gasteiger partial charge in [0.2, 0.25) is 5.91 Å². The van der Waals surface area contributed by atoms with Gasteiger partial charge in [0.1, 0.15) is 23.3 Å². The standard InChI is InChI=1S/C20H20FNO4.H2O4S/c1-12(23)22-16-8-9-17-14(10-16)11-18(20(2,3)26-17)25-19(24)13-4-6-15(21)7-5-13;1-5(2,3)4/h4-10,18H,11H2,1-3H3,(H,22,23);(H2,1,2,3,4). The summed E-state index contributed by atoms with van der Waals surface area (Å²) in [5.74, 6) is -0.421. The van der Waals surface area contributed by atoms with Crippen LogP contribution < -0.4 is 10.1 Å². The largest absolute Gasteiger partial charge is 0.484 e. The molecule has 2 aromatic rings. The summed E-state index contributed by atoms with van der Waals surface area (Å²) in [4.78, 5) is 23.6. The molecule has 3 rings (SSSR count). The summed E-state index contributed by atoms with van der Waals surface area (Å²) in [5.41, 5.74) is 1.05. The number of nitrogens with one attached hydrogen (secondary N) is 1. The summed E-state index contributed by atoms with van der Waals surface area (Å²) in [7, 11) is -4.67. The Morgan fingerprint density at radius 3 is 2.29 bits per heavy atom. The lowest BCUT2D eigenvalue weighted by atomic mass is 9.90. The summed E-state index contributed by atoms with van der Waals surface area (Å²) in [6, 6.07) is 10.6. The lowest BCUT2D eigenvalue weighted by Gasteiger charge is -2.39. The number of ether oxygens (including phenoxy) is 2. The average Bonchev–Trinajstić information content (AvgIpc) is 2.61. The summed E-state index contributed by atoms with van der Waals surface area (Å²) >= 11 is 0. The van der Waals surface area contributed by atoms with Gasteiger partial charge in [-0.15, -0.1) is 0 Å². The van der Waals surface area contributed by atoms with Crippen molar-refractivity contribution in [2.45, 2.75) is 38.9 Å². The number of hydrogen-bond donors (Lipinski definition) is 3. The molecule has 0 aliphatic carbocycles. The Kier molecular flexibility index (Phi) is 7.37. The van der Waals surface area contributed by atoms with Crippen LogP contribution in [0.2, 0.25) is 0 Å². The Morgan fingerprint density at radius 1 is 1.16 bits per heavy atom. The number of carbonyl (C=O) groups excluding carboxylic acids is 2. The van der Waals surface area contributed by atoms with Gasteiger partial charge in [-0.3, -0.25) is 13.9 Å². The predicted octanol–water partition coefficient (Wildman–Crippen LogP) is 3.07. The van der Waals surface area contributed by atoms with E-state index in [1.807, 2.05) is 19.9 Å². The van der Waals surface area contributed by atoms with Gasteiger partial charge in [-0.25, -0.2) is 9.18 Å². The van der Waals surface area contributed by atoms with Crippen LogP contribution in [-0.2, 0) is 26.4 Å². The van der Waals surface area contributed by atoms with Crippen LogP contribution in [-0.4, -0.2) is 41.1 Å². The Morgan fingerprint density at radius 2 is 1.74 bits per heavy atom. The lowest BCUT2D eigenvalue weighted by molar-refractivity contribution is -0.114. The fourth-order valence-electron chi connectivity index (χ4n) is 2.88. The first-order valence-corrected chi connectivity index (χ1v) is 10.4.